The van der Waals surface area contributed by atoms with E-state index in [1.807, 2.05) is 0 Å². The number of methoxy groups -OCH3 is 1. The molecule has 1 fully saturated rings. The molecule has 27 heavy (non-hydrogen) atoms. The average molecular weight is 371 g/mol. The number of hydrogen-bond donors (Lipinski definition) is 1. The normalized spacial score (nSPS) is 21.1. The van der Waals surface area contributed by atoms with Gasteiger partial charge in [0, 0.05) is 13.0 Å². The van der Waals surface area contributed by atoms with E-state index in [1.54, 1.807) is 23.1 Å². The van der Waals surface area contributed by atoms with Crippen molar-refractivity contribution in [2.75, 3.05) is 30.8 Å². The lowest BCUT2D eigenvalue weighted by molar-refractivity contribution is -0.383. The molecule has 3 heterocycles. The quantitative estimate of drug-likeness (QED) is 0.630. The maximum Gasteiger partial charge on any atom is 0.353 e. The molecular weight excluding hydrogens is 354 g/mol. The van der Waals surface area contributed by atoms with E-state index in [1.165, 1.54) is 13.4 Å². The van der Waals surface area contributed by atoms with Gasteiger partial charge in [-0.3, -0.25) is 14.9 Å². The molecule has 1 atom stereocenters. The maximum absolute atomic E-state index is 12.7. The van der Waals surface area contributed by atoms with Gasteiger partial charge in [-0.05, 0) is 18.2 Å². The van der Waals surface area contributed by atoms with Crippen molar-refractivity contribution in [3.05, 3.63) is 40.2 Å². The number of Topliss-reactive ketones (excluding diaryl/α,β-unsaturated/α-hetero) is 1. The smallest absolute Gasteiger partial charge is 0.353 e. The topological polar surface area (TPSA) is 134 Å². The molecule has 140 valence electrons. The second kappa shape index (κ2) is 6.08. The van der Waals surface area contributed by atoms with Crippen LogP contribution in [0.5, 0.6) is 11.5 Å². The summed E-state index contributed by atoms with van der Waals surface area (Å²) in [6.45, 7) is 0.748. The number of benzene rings is 1. The first-order chi connectivity index (χ1) is 12.9. The van der Waals surface area contributed by atoms with Gasteiger partial charge in [-0.1, -0.05) is 0 Å². The number of nitrogens with two attached hydrogens (primary N) is 1. The third-order valence-corrected chi connectivity index (χ3v) is 4.93. The summed E-state index contributed by atoms with van der Waals surface area (Å²) in [5.74, 6) is 0.978. The van der Waals surface area contributed by atoms with Crippen LogP contribution in [0.25, 0.3) is 0 Å². The molecule has 2 N–H and O–H groups in total. The highest BCUT2D eigenvalue weighted by Crippen LogP contribution is 2.42. The molecule has 2 aromatic rings. The Labute approximate surface area is 154 Å². The second-order valence-corrected chi connectivity index (χ2v) is 6.61. The van der Waals surface area contributed by atoms with Crippen molar-refractivity contribution in [2.24, 2.45) is 0 Å². The second-order valence-electron chi connectivity index (χ2n) is 6.61. The first kappa shape index (κ1) is 17.0. The first-order valence-electron chi connectivity index (χ1n) is 8.32. The molecule has 0 radical (unpaired) electrons. The summed E-state index contributed by atoms with van der Waals surface area (Å²) in [7, 11) is 1.53. The Morgan fingerprint density at radius 3 is 2.96 bits per heavy atom. The lowest BCUT2D eigenvalue weighted by Crippen LogP contribution is -2.44. The van der Waals surface area contributed by atoms with E-state index >= 15 is 0 Å². The van der Waals surface area contributed by atoms with Crippen LogP contribution in [0.2, 0.25) is 0 Å². The molecule has 4 rings (SSSR count). The van der Waals surface area contributed by atoms with Gasteiger partial charge in [0.2, 0.25) is 11.6 Å². The highest BCUT2D eigenvalue weighted by molar-refractivity contribution is 6.01. The van der Waals surface area contributed by atoms with Crippen molar-refractivity contribution in [1.29, 1.82) is 0 Å². The van der Waals surface area contributed by atoms with Crippen molar-refractivity contribution in [3.63, 3.8) is 0 Å². The molecule has 1 saturated heterocycles. The number of aromatic nitrogens is 2. The number of rotatable bonds is 3. The molecule has 2 aliphatic heterocycles. The fourth-order valence-electron chi connectivity index (χ4n) is 3.64. The summed E-state index contributed by atoms with van der Waals surface area (Å²) in [6.07, 6.45) is 1.90. The standard InChI is InChI=1S/C17H17N5O5/c1-26-10-2-3-13-11(6-10)12(23)7-17(27-13)4-5-21(8-17)16-14(22(24)25)15(18)19-9-20-16/h2-3,6,9H,4-5,7-8H2,1H3,(H2,18,19,20). The molecule has 10 nitrogen and oxygen atoms in total. The first-order valence-corrected chi connectivity index (χ1v) is 8.32. The van der Waals surface area contributed by atoms with Crippen LogP contribution in [0.3, 0.4) is 0 Å². The predicted molar refractivity (Wildman–Crippen MR) is 95.2 cm³/mol. The Morgan fingerprint density at radius 1 is 1.41 bits per heavy atom. The summed E-state index contributed by atoms with van der Waals surface area (Å²) in [6, 6.07) is 5.10. The van der Waals surface area contributed by atoms with Gasteiger partial charge in [-0.15, -0.1) is 0 Å². The van der Waals surface area contributed by atoms with Crippen LogP contribution >= 0.6 is 0 Å². The highest BCUT2D eigenvalue weighted by Gasteiger charge is 2.47. The zero-order chi connectivity index (χ0) is 19.2. The minimum Gasteiger partial charge on any atom is -0.497 e. The summed E-state index contributed by atoms with van der Waals surface area (Å²) in [5, 5.41) is 11.4. The Balaban J connectivity index is 1.64. The zero-order valence-electron chi connectivity index (χ0n) is 14.5. The van der Waals surface area contributed by atoms with E-state index in [4.69, 9.17) is 15.2 Å². The van der Waals surface area contributed by atoms with E-state index in [0.717, 1.165) is 0 Å². The lowest BCUT2D eigenvalue weighted by Gasteiger charge is -2.34. The number of anilines is 2. The van der Waals surface area contributed by atoms with E-state index in [9.17, 15) is 14.9 Å². The Morgan fingerprint density at radius 2 is 2.22 bits per heavy atom. The predicted octanol–water partition coefficient (Wildman–Crippen LogP) is 1.59. The SMILES string of the molecule is COc1ccc2c(c1)C(=O)CC1(CCN(c3ncnc(N)c3[N+](=O)[O-])C1)O2. The van der Waals surface area contributed by atoms with E-state index in [0.29, 0.717) is 36.6 Å². The number of hydrogen-bond acceptors (Lipinski definition) is 9. The van der Waals surface area contributed by atoms with Crippen molar-refractivity contribution in [1.82, 2.24) is 9.97 Å². The fraction of sp³-hybridized carbons (Fsp3) is 0.353. The van der Waals surface area contributed by atoms with Gasteiger partial charge < -0.3 is 20.1 Å². The average Bonchev–Trinajstić information content (AvgIpc) is 3.04. The number of ether oxygens (including phenoxy) is 2. The van der Waals surface area contributed by atoms with Crippen LogP contribution in [0.15, 0.2) is 24.5 Å². The van der Waals surface area contributed by atoms with Gasteiger partial charge in [0.15, 0.2) is 5.78 Å². The Bertz CT molecular complexity index is 949. The third-order valence-electron chi connectivity index (χ3n) is 4.93. The Kier molecular flexibility index (Phi) is 3.83. The van der Waals surface area contributed by atoms with Gasteiger partial charge in [0.25, 0.3) is 0 Å². The minimum atomic E-state index is -0.758. The summed E-state index contributed by atoms with van der Waals surface area (Å²) >= 11 is 0. The summed E-state index contributed by atoms with van der Waals surface area (Å²) in [4.78, 5) is 32.9. The molecule has 0 saturated carbocycles. The van der Waals surface area contributed by atoms with Crippen LogP contribution in [0.4, 0.5) is 17.3 Å². The number of nitrogens with zero attached hydrogens (tertiary/aromatic N) is 4. The molecule has 0 amide bonds. The molecule has 1 spiro atoms. The number of fused-ring (bicyclic) bond motifs is 1. The highest BCUT2D eigenvalue weighted by atomic mass is 16.6. The number of nitro groups is 1. The Hall–Kier alpha value is -3.43. The number of ketones is 1. The fourth-order valence-corrected chi connectivity index (χ4v) is 3.64. The van der Waals surface area contributed by atoms with Crippen LogP contribution < -0.4 is 20.1 Å². The monoisotopic (exact) mass is 371 g/mol. The van der Waals surface area contributed by atoms with Gasteiger partial charge in [-0.2, -0.15) is 0 Å². The molecule has 1 unspecified atom stereocenters. The minimum absolute atomic E-state index is 0.0475. The van der Waals surface area contributed by atoms with Crippen LogP contribution in [0.1, 0.15) is 23.2 Å². The number of carbonyl (C=O) groups excluding carboxylic acids is 1. The largest absolute Gasteiger partial charge is 0.497 e. The molecular formula is C17H17N5O5. The lowest BCUT2D eigenvalue weighted by atomic mass is 9.89. The molecule has 0 aliphatic carbocycles. The van der Waals surface area contributed by atoms with Crippen LogP contribution in [0, 0.1) is 10.1 Å². The summed E-state index contributed by atoms with van der Waals surface area (Å²) in [5.41, 5.74) is 5.05. The van der Waals surface area contributed by atoms with E-state index in [-0.39, 0.29) is 29.5 Å². The van der Waals surface area contributed by atoms with Gasteiger partial charge in [-0.25, -0.2) is 9.97 Å². The van der Waals surface area contributed by atoms with Crippen molar-refractivity contribution >= 4 is 23.1 Å². The van der Waals surface area contributed by atoms with E-state index < -0.39 is 10.5 Å². The van der Waals surface area contributed by atoms with Crippen LogP contribution in [-0.4, -0.2) is 46.5 Å². The van der Waals surface area contributed by atoms with Gasteiger partial charge in [0.1, 0.15) is 23.4 Å². The zero-order valence-corrected chi connectivity index (χ0v) is 14.5. The number of carbonyl (C=O) groups is 1. The van der Waals surface area contributed by atoms with E-state index in [2.05, 4.69) is 9.97 Å². The molecule has 2 aliphatic rings. The molecule has 1 aromatic heterocycles. The number of nitrogen functional groups attached to an aromatic ring is 1. The van der Waals surface area contributed by atoms with Crippen LogP contribution in [-0.2, 0) is 0 Å². The van der Waals surface area contributed by atoms with Crippen molar-refractivity contribution in [3.8, 4) is 11.5 Å². The maximum atomic E-state index is 12.7. The molecule has 10 heteroatoms. The molecule has 0 bridgehead atoms. The molecule has 1 aromatic carbocycles. The summed E-state index contributed by atoms with van der Waals surface area (Å²) < 4.78 is 11.3. The van der Waals surface area contributed by atoms with Gasteiger partial charge in [0.05, 0.1) is 30.6 Å². The third kappa shape index (κ3) is 2.78. The van der Waals surface area contributed by atoms with Crippen molar-refractivity contribution < 1.29 is 19.2 Å². The van der Waals surface area contributed by atoms with Crippen molar-refractivity contribution in [2.45, 2.75) is 18.4 Å². The van der Waals surface area contributed by atoms with Gasteiger partial charge >= 0.3 is 5.69 Å².